The van der Waals surface area contributed by atoms with E-state index in [2.05, 4.69) is 5.32 Å². The number of benzene rings is 3. The second kappa shape index (κ2) is 7.84. The fraction of sp³-hybridized carbons (Fsp3) is 0.160. The molecule has 1 aliphatic rings. The van der Waals surface area contributed by atoms with Crippen LogP contribution in [0.25, 0.3) is 0 Å². The highest BCUT2D eigenvalue weighted by Crippen LogP contribution is 2.37. The van der Waals surface area contributed by atoms with Gasteiger partial charge < -0.3 is 10.1 Å². The first-order chi connectivity index (χ1) is 14.0. The van der Waals surface area contributed by atoms with Gasteiger partial charge in [0, 0.05) is 11.4 Å². The van der Waals surface area contributed by atoms with E-state index in [0.29, 0.717) is 5.70 Å². The number of amides is 1. The maximum atomic E-state index is 13.4. The first kappa shape index (κ1) is 18.8. The summed E-state index contributed by atoms with van der Waals surface area (Å²) in [6.45, 7) is 4.07. The van der Waals surface area contributed by atoms with Crippen LogP contribution in [0, 0.1) is 13.8 Å². The third kappa shape index (κ3) is 3.87. The molecule has 0 saturated carbocycles. The molecule has 1 amide bonds. The van der Waals surface area contributed by atoms with Gasteiger partial charge in [0.2, 0.25) is 0 Å². The Hall–Kier alpha value is -3.53. The number of hydrogen-bond acceptors (Lipinski definition) is 3. The van der Waals surface area contributed by atoms with E-state index in [1.54, 1.807) is 7.11 Å². The Morgan fingerprint density at radius 2 is 1.59 bits per heavy atom. The van der Waals surface area contributed by atoms with E-state index in [1.807, 2.05) is 97.6 Å². The third-order valence-corrected chi connectivity index (χ3v) is 5.09. The third-order valence-electron chi connectivity index (χ3n) is 5.09. The Morgan fingerprint density at radius 1 is 0.897 bits per heavy atom. The van der Waals surface area contributed by atoms with E-state index in [9.17, 15) is 4.79 Å². The molecule has 0 radical (unpaired) electrons. The second-order valence-corrected chi connectivity index (χ2v) is 7.31. The molecule has 1 unspecified atom stereocenters. The maximum Gasteiger partial charge on any atom is 0.275 e. The van der Waals surface area contributed by atoms with E-state index in [0.717, 1.165) is 33.8 Å². The molecule has 4 nitrogen and oxygen atoms in total. The van der Waals surface area contributed by atoms with Gasteiger partial charge in [0.1, 0.15) is 11.4 Å². The van der Waals surface area contributed by atoms with Gasteiger partial charge in [0.15, 0.2) is 0 Å². The smallest absolute Gasteiger partial charge is 0.275 e. The molecule has 1 aliphatic heterocycles. The number of hydrogen-bond donors (Lipinski definition) is 1. The van der Waals surface area contributed by atoms with Gasteiger partial charge in [0.25, 0.3) is 5.91 Å². The van der Waals surface area contributed by atoms with Gasteiger partial charge in [-0.1, -0.05) is 36.4 Å². The lowest BCUT2D eigenvalue weighted by Gasteiger charge is -2.25. The van der Waals surface area contributed by atoms with Gasteiger partial charge in [-0.3, -0.25) is 9.69 Å². The van der Waals surface area contributed by atoms with Crippen LogP contribution in [0.1, 0.15) is 22.7 Å². The first-order valence-corrected chi connectivity index (χ1v) is 9.65. The van der Waals surface area contributed by atoms with Crippen molar-refractivity contribution in [3.63, 3.8) is 0 Å². The molecule has 0 saturated heterocycles. The number of methoxy groups -OCH3 is 1. The van der Waals surface area contributed by atoms with Crippen molar-refractivity contribution in [1.82, 2.24) is 0 Å². The van der Waals surface area contributed by atoms with E-state index >= 15 is 0 Å². The topological polar surface area (TPSA) is 41.6 Å². The summed E-state index contributed by atoms with van der Waals surface area (Å²) in [5, 5.41) is 3.31. The molecule has 146 valence electrons. The van der Waals surface area contributed by atoms with Gasteiger partial charge in [-0.05, 0) is 73.0 Å². The van der Waals surface area contributed by atoms with Crippen LogP contribution in [-0.2, 0) is 4.79 Å². The molecule has 0 spiro atoms. The Morgan fingerprint density at radius 3 is 2.24 bits per heavy atom. The summed E-state index contributed by atoms with van der Waals surface area (Å²) in [6.07, 6.45) is 1.99. The van der Waals surface area contributed by atoms with E-state index < -0.39 is 0 Å². The van der Waals surface area contributed by atoms with Gasteiger partial charge in [0.05, 0.1) is 13.2 Å². The summed E-state index contributed by atoms with van der Waals surface area (Å²) >= 11 is 0. The fourth-order valence-electron chi connectivity index (χ4n) is 3.64. The van der Waals surface area contributed by atoms with Crippen molar-refractivity contribution in [1.29, 1.82) is 0 Å². The molecule has 1 atom stereocenters. The monoisotopic (exact) mass is 384 g/mol. The van der Waals surface area contributed by atoms with Crippen LogP contribution in [0.3, 0.4) is 0 Å². The number of rotatable bonds is 5. The van der Waals surface area contributed by atoms with Gasteiger partial charge >= 0.3 is 0 Å². The van der Waals surface area contributed by atoms with Crippen molar-refractivity contribution >= 4 is 17.3 Å². The second-order valence-electron chi connectivity index (χ2n) is 7.31. The lowest BCUT2D eigenvalue weighted by atomic mass is 10.1. The average Bonchev–Trinajstić information content (AvgIpc) is 3.04. The molecule has 0 aliphatic carbocycles. The van der Waals surface area contributed by atoms with Gasteiger partial charge in [-0.15, -0.1) is 0 Å². The SMILES string of the molecule is COc1ccc(C2C=C(Nc3cccc(C)c3)C(=O)N2c2cccc(C)c2)cc1. The Kier molecular flexibility index (Phi) is 5.09. The van der Waals surface area contributed by atoms with Crippen molar-refractivity contribution < 1.29 is 9.53 Å². The molecule has 4 heteroatoms. The van der Waals surface area contributed by atoms with Crippen molar-refractivity contribution in [3.05, 3.63) is 101 Å². The highest BCUT2D eigenvalue weighted by molar-refractivity contribution is 6.11. The van der Waals surface area contributed by atoms with Crippen LogP contribution in [-0.4, -0.2) is 13.0 Å². The maximum absolute atomic E-state index is 13.4. The molecular formula is C25H24N2O2. The van der Waals surface area contributed by atoms with Crippen molar-refractivity contribution in [3.8, 4) is 5.75 Å². The highest BCUT2D eigenvalue weighted by Gasteiger charge is 2.34. The molecule has 4 rings (SSSR count). The number of nitrogens with zero attached hydrogens (tertiary/aromatic N) is 1. The number of carbonyl (C=O) groups excluding carboxylic acids is 1. The predicted octanol–water partition coefficient (Wildman–Crippen LogP) is 5.40. The summed E-state index contributed by atoms with van der Waals surface area (Å²) in [5.41, 5.74) is 5.66. The lowest BCUT2D eigenvalue weighted by Crippen LogP contribution is -2.30. The minimum absolute atomic E-state index is 0.0436. The molecule has 0 bridgehead atoms. The van der Waals surface area contributed by atoms with Gasteiger partial charge in [-0.25, -0.2) is 0 Å². The van der Waals surface area contributed by atoms with Crippen LogP contribution in [0.5, 0.6) is 5.75 Å². The van der Waals surface area contributed by atoms with Crippen LogP contribution in [0.4, 0.5) is 11.4 Å². The molecule has 29 heavy (non-hydrogen) atoms. The molecular weight excluding hydrogens is 360 g/mol. The zero-order valence-corrected chi connectivity index (χ0v) is 16.8. The number of aryl methyl sites for hydroxylation is 2. The summed E-state index contributed by atoms with van der Waals surface area (Å²) in [6, 6.07) is 23.7. The molecule has 1 heterocycles. The number of carbonyl (C=O) groups is 1. The first-order valence-electron chi connectivity index (χ1n) is 9.65. The quantitative estimate of drug-likeness (QED) is 0.641. The van der Waals surface area contributed by atoms with Crippen molar-refractivity contribution in [2.24, 2.45) is 0 Å². The summed E-state index contributed by atoms with van der Waals surface area (Å²) in [5.74, 6) is 0.750. The molecule has 0 aromatic heterocycles. The standard InChI is InChI=1S/C25H24N2O2/c1-17-6-4-8-20(14-17)26-23-16-24(19-10-12-22(29-3)13-11-19)27(25(23)28)21-9-5-7-18(2)15-21/h4-16,24,26H,1-3H3. The Bertz CT molecular complexity index is 1070. The number of nitrogens with one attached hydrogen (secondary N) is 1. The Balaban J connectivity index is 1.73. The average molecular weight is 384 g/mol. The zero-order chi connectivity index (χ0) is 20.4. The van der Waals surface area contributed by atoms with Crippen LogP contribution < -0.4 is 15.0 Å². The van der Waals surface area contributed by atoms with E-state index in [4.69, 9.17) is 4.74 Å². The Labute approximate surface area is 171 Å². The van der Waals surface area contributed by atoms with Crippen LogP contribution in [0.15, 0.2) is 84.6 Å². The van der Waals surface area contributed by atoms with E-state index in [-0.39, 0.29) is 11.9 Å². The van der Waals surface area contributed by atoms with Crippen molar-refractivity contribution in [2.75, 3.05) is 17.3 Å². The molecule has 3 aromatic rings. The summed E-state index contributed by atoms with van der Waals surface area (Å²) < 4.78 is 5.28. The fourth-order valence-corrected chi connectivity index (χ4v) is 3.64. The zero-order valence-electron chi connectivity index (χ0n) is 16.8. The molecule has 3 aromatic carbocycles. The van der Waals surface area contributed by atoms with Crippen LogP contribution in [0.2, 0.25) is 0 Å². The summed E-state index contributed by atoms with van der Waals surface area (Å²) in [7, 11) is 1.65. The highest BCUT2D eigenvalue weighted by atomic mass is 16.5. The molecule has 0 fully saturated rings. The largest absolute Gasteiger partial charge is 0.497 e. The minimum Gasteiger partial charge on any atom is -0.497 e. The van der Waals surface area contributed by atoms with E-state index in [1.165, 1.54) is 0 Å². The minimum atomic E-state index is -0.192. The summed E-state index contributed by atoms with van der Waals surface area (Å²) in [4.78, 5) is 15.2. The van der Waals surface area contributed by atoms with Crippen LogP contribution >= 0.6 is 0 Å². The normalized spacial score (nSPS) is 16.0. The number of ether oxygens (including phenoxy) is 1. The number of anilines is 2. The lowest BCUT2D eigenvalue weighted by molar-refractivity contribution is -0.114. The van der Waals surface area contributed by atoms with Crippen molar-refractivity contribution in [2.45, 2.75) is 19.9 Å². The van der Waals surface area contributed by atoms with Gasteiger partial charge in [-0.2, -0.15) is 0 Å². The molecule has 1 N–H and O–H groups in total. The predicted molar refractivity (Wildman–Crippen MR) is 117 cm³/mol.